The molecule has 0 spiro atoms. The number of anilines is 1. The smallest absolute Gasteiger partial charge is 0.418 e. The number of nitrogens with one attached hydrogen (secondary N) is 1. The maximum atomic E-state index is 13.0. The lowest BCUT2D eigenvalue weighted by Gasteiger charge is -2.13. The Kier molecular flexibility index (Phi) is 5.71. The van der Waals surface area contributed by atoms with Crippen molar-refractivity contribution in [1.29, 1.82) is 0 Å². The number of hydrogen-bond acceptors (Lipinski definition) is 5. The maximum Gasteiger partial charge on any atom is 0.418 e. The summed E-state index contributed by atoms with van der Waals surface area (Å²) in [6, 6.07) is 7.69. The first kappa shape index (κ1) is 19.1. The summed E-state index contributed by atoms with van der Waals surface area (Å²) >= 11 is 0. The first-order chi connectivity index (χ1) is 12.3. The van der Waals surface area contributed by atoms with Crippen molar-refractivity contribution in [3.8, 4) is 11.5 Å². The molecule has 0 radical (unpaired) electrons. The fourth-order valence-electron chi connectivity index (χ4n) is 2.27. The third-order valence-corrected chi connectivity index (χ3v) is 3.41. The minimum absolute atomic E-state index is 0.0142. The first-order valence-electron chi connectivity index (χ1n) is 7.23. The molecule has 0 amide bonds. The largest absolute Gasteiger partial charge is 0.493 e. The molecule has 0 aliphatic heterocycles. The van der Waals surface area contributed by atoms with Crippen molar-refractivity contribution < 1.29 is 32.5 Å². The average molecular weight is 368 g/mol. The molecule has 2 rings (SSSR count). The summed E-state index contributed by atoms with van der Waals surface area (Å²) in [7, 11) is 2.63. The van der Waals surface area contributed by atoms with Gasteiger partial charge in [-0.1, -0.05) is 12.1 Å². The van der Waals surface area contributed by atoms with Crippen molar-refractivity contribution in [2.75, 3.05) is 19.6 Å². The molecule has 0 fully saturated rings. The molecular formula is C17H15F3N2O4. The van der Waals surface area contributed by atoms with Crippen LogP contribution in [0, 0.1) is 0 Å². The monoisotopic (exact) mass is 368 g/mol. The normalized spacial score (nSPS) is 11.4. The molecule has 0 aliphatic rings. The second kappa shape index (κ2) is 7.77. The van der Waals surface area contributed by atoms with E-state index in [4.69, 9.17) is 9.47 Å². The Labute approximate surface area is 146 Å². The molecule has 0 aromatic heterocycles. The zero-order chi connectivity index (χ0) is 19.3. The lowest BCUT2D eigenvalue weighted by atomic mass is 10.1. The SMILES string of the molecule is COc1ccc(/C=N\Nc2ccccc2C(F)(F)F)c(C(=O)O)c1OC. The third-order valence-electron chi connectivity index (χ3n) is 3.41. The van der Waals surface area contributed by atoms with Crippen molar-refractivity contribution in [3.63, 3.8) is 0 Å². The van der Waals surface area contributed by atoms with Crippen LogP contribution in [0.5, 0.6) is 11.5 Å². The van der Waals surface area contributed by atoms with Gasteiger partial charge in [-0.2, -0.15) is 18.3 Å². The Bertz CT molecular complexity index is 835. The quantitative estimate of drug-likeness (QED) is 0.598. The van der Waals surface area contributed by atoms with Gasteiger partial charge in [0.05, 0.1) is 31.7 Å². The van der Waals surface area contributed by atoms with Gasteiger partial charge in [0.2, 0.25) is 0 Å². The summed E-state index contributed by atoms with van der Waals surface area (Å²) in [5.41, 5.74) is 1.05. The molecule has 0 atom stereocenters. The number of rotatable bonds is 6. The molecule has 138 valence electrons. The number of carboxylic acid groups (broad SMARTS) is 1. The highest BCUT2D eigenvalue weighted by molar-refractivity contribution is 6.02. The first-order valence-corrected chi connectivity index (χ1v) is 7.23. The van der Waals surface area contributed by atoms with Crippen LogP contribution in [-0.4, -0.2) is 31.5 Å². The molecule has 2 aromatic rings. The number of hydrogen-bond donors (Lipinski definition) is 2. The third kappa shape index (κ3) is 4.05. The number of hydrazone groups is 1. The minimum Gasteiger partial charge on any atom is -0.493 e. The minimum atomic E-state index is -4.55. The summed E-state index contributed by atoms with van der Waals surface area (Å²) in [5.74, 6) is -1.10. The van der Waals surface area contributed by atoms with E-state index in [2.05, 4.69) is 10.5 Å². The lowest BCUT2D eigenvalue weighted by Crippen LogP contribution is -2.09. The van der Waals surface area contributed by atoms with E-state index in [1.54, 1.807) is 0 Å². The lowest BCUT2D eigenvalue weighted by molar-refractivity contribution is -0.136. The number of halogens is 3. The fourth-order valence-corrected chi connectivity index (χ4v) is 2.27. The van der Waals surface area contributed by atoms with Crippen molar-refractivity contribution in [1.82, 2.24) is 0 Å². The van der Waals surface area contributed by atoms with Crippen LogP contribution in [0.4, 0.5) is 18.9 Å². The highest BCUT2D eigenvalue weighted by Gasteiger charge is 2.33. The molecule has 2 aromatic carbocycles. The molecule has 6 nitrogen and oxygen atoms in total. The summed E-state index contributed by atoms with van der Waals surface area (Å²) in [5, 5.41) is 13.1. The van der Waals surface area contributed by atoms with Gasteiger partial charge in [-0.25, -0.2) is 4.79 Å². The van der Waals surface area contributed by atoms with E-state index < -0.39 is 17.7 Å². The molecular weight excluding hydrogens is 353 g/mol. The topological polar surface area (TPSA) is 80.2 Å². The second-order valence-corrected chi connectivity index (χ2v) is 4.98. The van der Waals surface area contributed by atoms with Crippen molar-refractivity contribution in [3.05, 3.63) is 53.1 Å². The van der Waals surface area contributed by atoms with Crippen molar-refractivity contribution >= 4 is 17.9 Å². The van der Waals surface area contributed by atoms with Crippen LogP contribution in [0.2, 0.25) is 0 Å². The van der Waals surface area contributed by atoms with Gasteiger partial charge >= 0.3 is 12.1 Å². The van der Waals surface area contributed by atoms with Crippen LogP contribution in [0.3, 0.4) is 0 Å². The summed E-state index contributed by atoms with van der Waals surface area (Å²) in [4.78, 5) is 11.5. The van der Waals surface area contributed by atoms with E-state index in [0.717, 1.165) is 12.3 Å². The van der Waals surface area contributed by atoms with Gasteiger partial charge in [0.25, 0.3) is 0 Å². The Morgan fingerprint density at radius 3 is 2.42 bits per heavy atom. The van der Waals surface area contributed by atoms with Gasteiger partial charge in [0.1, 0.15) is 5.56 Å². The van der Waals surface area contributed by atoms with E-state index in [1.165, 1.54) is 44.6 Å². The van der Waals surface area contributed by atoms with E-state index in [1.807, 2.05) is 0 Å². The van der Waals surface area contributed by atoms with Gasteiger partial charge in [-0.15, -0.1) is 0 Å². The van der Waals surface area contributed by atoms with Crippen LogP contribution in [0.15, 0.2) is 41.5 Å². The fraction of sp³-hybridized carbons (Fsp3) is 0.176. The van der Waals surface area contributed by atoms with E-state index >= 15 is 0 Å². The van der Waals surface area contributed by atoms with Crippen molar-refractivity contribution in [2.45, 2.75) is 6.18 Å². The van der Waals surface area contributed by atoms with E-state index in [9.17, 15) is 23.1 Å². The molecule has 0 bridgehead atoms. The average Bonchev–Trinajstić information content (AvgIpc) is 2.60. The Hall–Kier alpha value is -3.23. The summed E-state index contributed by atoms with van der Waals surface area (Å²) in [6.07, 6.45) is -3.45. The van der Waals surface area contributed by atoms with Gasteiger partial charge in [-0.3, -0.25) is 5.43 Å². The number of carbonyl (C=O) groups is 1. The predicted octanol–water partition coefficient (Wildman–Crippen LogP) is 3.87. The molecule has 0 aliphatic carbocycles. The molecule has 26 heavy (non-hydrogen) atoms. The van der Waals surface area contributed by atoms with Crippen molar-refractivity contribution in [2.24, 2.45) is 5.10 Å². The van der Waals surface area contributed by atoms with Crippen LogP contribution in [0.1, 0.15) is 21.5 Å². The maximum absolute atomic E-state index is 13.0. The zero-order valence-electron chi connectivity index (χ0n) is 13.8. The van der Waals surface area contributed by atoms with Crippen LogP contribution >= 0.6 is 0 Å². The van der Waals surface area contributed by atoms with E-state index in [-0.39, 0.29) is 28.3 Å². The number of ether oxygens (including phenoxy) is 2. The number of aromatic carboxylic acids is 1. The number of nitrogens with zero attached hydrogens (tertiary/aromatic N) is 1. The molecule has 2 N–H and O–H groups in total. The molecule has 0 saturated carbocycles. The molecule has 0 saturated heterocycles. The van der Waals surface area contributed by atoms with Crippen LogP contribution in [0.25, 0.3) is 0 Å². The van der Waals surface area contributed by atoms with Gasteiger partial charge in [0.15, 0.2) is 11.5 Å². The van der Waals surface area contributed by atoms with Gasteiger partial charge in [0, 0.05) is 5.56 Å². The highest BCUT2D eigenvalue weighted by Crippen LogP contribution is 2.35. The Morgan fingerprint density at radius 1 is 1.15 bits per heavy atom. The summed E-state index contributed by atoms with van der Waals surface area (Å²) in [6.45, 7) is 0. The highest BCUT2D eigenvalue weighted by atomic mass is 19.4. The van der Waals surface area contributed by atoms with Gasteiger partial charge < -0.3 is 14.6 Å². The number of alkyl halides is 3. The Balaban J connectivity index is 2.37. The zero-order valence-corrected chi connectivity index (χ0v) is 13.8. The predicted molar refractivity (Wildman–Crippen MR) is 89.2 cm³/mol. The number of carboxylic acids is 1. The number of para-hydroxylation sites is 1. The number of methoxy groups -OCH3 is 2. The van der Waals surface area contributed by atoms with Gasteiger partial charge in [-0.05, 0) is 24.3 Å². The van der Waals surface area contributed by atoms with E-state index in [0.29, 0.717) is 0 Å². The molecule has 9 heteroatoms. The summed E-state index contributed by atoms with van der Waals surface area (Å²) < 4.78 is 48.9. The van der Waals surface area contributed by atoms with Crippen LogP contribution < -0.4 is 14.9 Å². The molecule has 0 unspecified atom stereocenters. The van der Waals surface area contributed by atoms with Crippen LogP contribution in [-0.2, 0) is 6.18 Å². The standard InChI is InChI=1S/C17H15F3N2O4/c1-25-13-8-7-10(14(16(23)24)15(13)26-2)9-21-22-12-6-4-3-5-11(12)17(18,19)20/h3-9,22H,1-2H3,(H,23,24)/b21-9-. The number of benzene rings is 2. The second-order valence-electron chi connectivity index (χ2n) is 4.98. The Morgan fingerprint density at radius 2 is 1.85 bits per heavy atom. The molecule has 0 heterocycles.